The second kappa shape index (κ2) is 2.16. The first kappa shape index (κ1) is 6.85. The first-order valence-corrected chi connectivity index (χ1v) is 10.1. The Morgan fingerprint density at radius 3 is 2.25 bits per heavy atom. The Labute approximate surface area is 58.7 Å². The molecule has 0 aliphatic carbocycles. The van der Waals surface area contributed by atoms with Crippen LogP contribution in [-0.4, -0.2) is 21.0 Å². The van der Waals surface area contributed by atoms with Crippen LogP contribution in [0.4, 0.5) is 0 Å². The molecule has 0 amide bonds. The molecule has 1 fully saturated rings. The van der Waals surface area contributed by atoms with Crippen molar-refractivity contribution in [3.8, 4) is 0 Å². The fourth-order valence-electron chi connectivity index (χ4n) is 1.32. The topological polar surface area (TPSA) is 0 Å². The van der Waals surface area contributed by atoms with Crippen molar-refractivity contribution >= 4 is 21.0 Å². The molecule has 0 N–H and O–H groups in total. The van der Waals surface area contributed by atoms with Crippen LogP contribution in [0.25, 0.3) is 0 Å². The van der Waals surface area contributed by atoms with Gasteiger partial charge in [0, 0.05) is 0 Å². The fraction of sp³-hybridized carbons (Fsp3) is 1.00. The van der Waals surface area contributed by atoms with Gasteiger partial charge in [0.2, 0.25) is 0 Å². The Kier molecular flexibility index (Phi) is 1.85. The van der Waals surface area contributed by atoms with Crippen molar-refractivity contribution in [2.24, 2.45) is 5.92 Å². The van der Waals surface area contributed by atoms with Gasteiger partial charge < -0.3 is 0 Å². The Bertz CT molecular complexity index is 90.5. The minimum absolute atomic E-state index is 0.541. The van der Waals surface area contributed by atoms with E-state index in [9.17, 15) is 0 Å². The summed E-state index contributed by atoms with van der Waals surface area (Å²) in [5.41, 5.74) is 0. The van der Waals surface area contributed by atoms with Crippen LogP contribution in [0.15, 0.2) is 0 Å². The van der Waals surface area contributed by atoms with E-state index in [4.69, 9.17) is 0 Å². The normalized spacial score (nSPS) is 35.6. The quantitative estimate of drug-likeness (QED) is 0.516. The second-order valence-electron chi connectivity index (χ2n) is 3.38. The van der Waals surface area contributed by atoms with E-state index in [1.54, 1.807) is 11.4 Å². The van der Waals surface area contributed by atoms with Gasteiger partial charge in [0.05, 0.1) is 0 Å². The average molecular weight is 193 g/mol. The van der Waals surface area contributed by atoms with Crippen molar-refractivity contribution in [2.45, 2.75) is 31.4 Å². The van der Waals surface area contributed by atoms with Gasteiger partial charge in [-0.05, 0) is 0 Å². The molecule has 1 saturated heterocycles. The third kappa shape index (κ3) is 1.61. The zero-order valence-electron chi connectivity index (χ0n) is 5.90. The zero-order chi connectivity index (χ0) is 6.20. The van der Waals surface area contributed by atoms with E-state index < -0.39 is 6.68 Å². The summed E-state index contributed by atoms with van der Waals surface area (Å²) in [5.74, 6) is 1.08. The third-order valence-electron chi connectivity index (χ3n) is 1.60. The molecule has 48 valence electrons. The van der Waals surface area contributed by atoms with Crippen molar-refractivity contribution in [1.29, 1.82) is 0 Å². The first-order chi connectivity index (χ1) is 3.60. The predicted molar refractivity (Wildman–Crippen MR) is 42.0 cm³/mol. The van der Waals surface area contributed by atoms with Crippen LogP contribution in [0.3, 0.4) is 0 Å². The van der Waals surface area contributed by atoms with Crippen LogP contribution in [0, 0.1) is 5.92 Å². The zero-order valence-corrected chi connectivity index (χ0v) is 8.61. The van der Waals surface area contributed by atoms with E-state index in [1.165, 1.54) is 0 Å². The van der Waals surface area contributed by atoms with Crippen LogP contribution >= 0.6 is 0 Å². The molecular formula is C6H14SeSi. The molecular weight excluding hydrogens is 179 g/mol. The van der Waals surface area contributed by atoms with Gasteiger partial charge in [0.25, 0.3) is 0 Å². The molecule has 0 bridgehead atoms. The summed E-state index contributed by atoms with van der Waals surface area (Å²) in [5, 5.41) is 1.58. The van der Waals surface area contributed by atoms with Crippen molar-refractivity contribution in [2.75, 3.05) is 0 Å². The number of hydrogen-bond acceptors (Lipinski definition) is 0. The fourth-order valence-corrected chi connectivity index (χ4v) is 11.9. The average Bonchev–Trinajstić information content (AvgIpc) is 1.82. The Balaban J connectivity index is 2.44. The summed E-state index contributed by atoms with van der Waals surface area (Å²) in [4.78, 5) is 0. The van der Waals surface area contributed by atoms with Crippen molar-refractivity contribution < 1.29 is 0 Å². The van der Waals surface area contributed by atoms with Gasteiger partial charge in [0.1, 0.15) is 0 Å². The van der Waals surface area contributed by atoms with Gasteiger partial charge in [0.15, 0.2) is 0 Å². The molecule has 0 radical (unpaired) electrons. The second-order valence-corrected chi connectivity index (χ2v) is 17.1. The molecule has 0 spiro atoms. The molecule has 1 aliphatic rings. The van der Waals surface area contributed by atoms with Gasteiger partial charge in [-0.25, -0.2) is 0 Å². The Morgan fingerprint density at radius 2 is 2.12 bits per heavy atom. The monoisotopic (exact) mass is 194 g/mol. The molecule has 2 heteroatoms. The predicted octanol–water partition coefficient (Wildman–Crippen LogP) is 1.96. The van der Waals surface area contributed by atoms with E-state index in [0.717, 1.165) is 20.2 Å². The molecule has 1 heterocycles. The molecule has 0 nitrogen and oxygen atoms in total. The summed E-state index contributed by atoms with van der Waals surface area (Å²) in [7, 11) is 0. The van der Waals surface area contributed by atoms with Crippen molar-refractivity contribution in [3.63, 3.8) is 0 Å². The maximum absolute atomic E-state index is 2.54. The molecule has 8 heavy (non-hydrogen) atoms. The van der Waals surface area contributed by atoms with Gasteiger partial charge in [-0.2, -0.15) is 0 Å². The van der Waals surface area contributed by atoms with Crippen LogP contribution < -0.4 is 0 Å². The molecule has 0 saturated carbocycles. The SMILES string of the molecule is CC1C[Se][Si](C)(C)C1. The summed E-state index contributed by atoms with van der Waals surface area (Å²) in [6.07, 6.45) is 0. The van der Waals surface area contributed by atoms with E-state index in [2.05, 4.69) is 20.0 Å². The van der Waals surface area contributed by atoms with Gasteiger partial charge in [-0.3, -0.25) is 0 Å². The summed E-state index contributed by atoms with van der Waals surface area (Å²) >= 11 is 1.08. The third-order valence-corrected chi connectivity index (χ3v) is 12.4. The van der Waals surface area contributed by atoms with Gasteiger partial charge >= 0.3 is 58.3 Å². The molecule has 0 aromatic rings. The summed E-state index contributed by atoms with van der Waals surface area (Å²) in [6, 6.07) is 1.60. The van der Waals surface area contributed by atoms with Crippen LogP contribution in [0.2, 0.25) is 24.5 Å². The molecule has 1 atom stereocenters. The molecule has 1 unspecified atom stereocenters. The van der Waals surface area contributed by atoms with E-state index >= 15 is 0 Å². The standard InChI is InChI=1S/C6H14SeSi/c1-6-4-7-8(2,3)5-6/h6H,4-5H2,1-3H3. The molecule has 0 aromatic carbocycles. The minimum atomic E-state index is -0.541. The Hall–Kier alpha value is 0.736. The summed E-state index contributed by atoms with van der Waals surface area (Å²) in [6.45, 7) is 6.94. The number of rotatable bonds is 0. The van der Waals surface area contributed by atoms with Crippen molar-refractivity contribution in [1.82, 2.24) is 0 Å². The van der Waals surface area contributed by atoms with Crippen molar-refractivity contribution in [3.05, 3.63) is 0 Å². The number of hydrogen-bond donors (Lipinski definition) is 0. The van der Waals surface area contributed by atoms with Crippen LogP contribution in [0.1, 0.15) is 6.92 Å². The molecule has 0 aromatic heterocycles. The van der Waals surface area contributed by atoms with Crippen LogP contribution in [-0.2, 0) is 0 Å². The molecule has 1 aliphatic heterocycles. The van der Waals surface area contributed by atoms with E-state index in [-0.39, 0.29) is 0 Å². The van der Waals surface area contributed by atoms with Crippen LogP contribution in [0.5, 0.6) is 0 Å². The molecule has 1 rings (SSSR count). The first-order valence-electron chi connectivity index (χ1n) is 3.24. The van der Waals surface area contributed by atoms with E-state index in [1.807, 2.05) is 0 Å². The summed E-state index contributed by atoms with van der Waals surface area (Å²) < 4.78 is 0. The van der Waals surface area contributed by atoms with Gasteiger partial charge in [-0.15, -0.1) is 0 Å². The van der Waals surface area contributed by atoms with Gasteiger partial charge in [-0.1, -0.05) is 0 Å². The van der Waals surface area contributed by atoms with E-state index in [0.29, 0.717) is 0 Å². The maximum atomic E-state index is 2.54. The Morgan fingerprint density at radius 1 is 1.50 bits per heavy atom.